The number of nitro groups is 2. The summed E-state index contributed by atoms with van der Waals surface area (Å²) in [5, 5.41) is 21.3. The van der Waals surface area contributed by atoms with Crippen LogP contribution in [0, 0.1) is 33.2 Å². The average Bonchev–Trinajstić information content (AvgIpc) is 2.41. The van der Waals surface area contributed by atoms with Crippen LogP contribution >= 0.6 is 0 Å². The van der Waals surface area contributed by atoms with Gasteiger partial charge in [-0.3, -0.25) is 20.2 Å². The molecule has 0 unspecified atom stereocenters. The molecule has 0 aliphatic heterocycles. The van der Waals surface area contributed by atoms with E-state index in [-0.39, 0.29) is 14.9 Å². The third-order valence-electron chi connectivity index (χ3n) is 2.34. The highest BCUT2D eigenvalue weighted by molar-refractivity contribution is 5.30. The molecule has 0 bridgehead atoms. The second-order valence-electron chi connectivity index (χ2n) is 3.69. The standard InChI is InChI=1S/C12H7FIN2O4/c13-11-5-4-10(16(19)20)7-12(11)14-8-2-1-3-9(6-8)15(17)18/h1-7H/q+1. The number of hydrogen-bond donors (Lipinski definition) is 0. The minimum absolute atomic E-state index is 0.0759. The van der Waals surface area contributed by atoms with Crippen molar-refractivity contribution in [2.24, 2.45) is 0 Å². The maximum Gasteiger partial charge on any atom is 0.361 e. The van der Waals surface area contributed by atoms with Gasteiger partial charge < -0.3 is 0 Å². The number of non-ortho nitro benzene ring substituents is 2. The van der Waals surface area contributed by atoms with Crippen LogP contribution in [0.15, 0.2) is 42.5 Å². The monoisotopic (exact) mass is 389 g/mol. The Morgan fingerprint density at radius 1 is 0.950 bits per heavy atom. The van der Waals surface area contributed by atoms with Gasteiger partial charge in [0.05, 0.1) is 22.0 Å². The van der Waals surface area contributed by atoms with Crippen molar-refractivity contribution in [1.29, 1.82) is 0 Å². The maximum absolute atomic E-state index is 13.6. The van der Waals surface area contributed by atoms with Gasteiger partial charge in [0.25, 0.3) is 11.4 Å². The zero-order valence-corrected chi connectivity index (χ0v) is 12.0. The number of rotatable bonds is 4. The zero-order chi connectivity index (χ0) is 14.7. The molecule has 2 aromatic carbocycles. The Morgan fingerprint density at radius 2 is 1.60 bits per heavy atom. The highest BCUT2D eigenvalue weighted by Gasteiger charge is 2.25. The number of hydrogen-bond acceptors (Lipinski definition) is 4. The van der Waals surface area contributed by atoms with Crippen LogP contribution in [0.3, 0.4) is 0 Å². The molecule has 20 heavy (non-hydrogen) atoms. The molecule has 0 saturated carbocycles. The summed E-state index contributed by atoms with van der Waals surface area (Å²) in [6.45, 7) is 0. The third kappa shape index (κ3) is 3.26. The molecule has 0 radical (unpaired) electrons. The van der Waals surface area contributed by atoms with Crippen molar-refractivity contribution < 1.29 is 35.4 Å². The second-order valence-corrected chi connectivity index (χ2v) is 6.63. The van der Waals surface area contributed by atoms with Gasteiger partial charge in [-0.1, -0.05) is 6.07 Å². The first kappa shape index (κ1) is 14.3. The average molecular weight is 389 g/mol. The predicted octanol–water partition coefficient (Wildman–Crippen LogP) is -0.229. The Hall–Kier alpha value is -2.10. The molecule has 0 heterocycles. The summed E-state index contributed by atoms with van der Waals surface area (Å²) in [4.78, 5) is 20.2. The van der Waals surface area contributed by atoms with E-state index in [0.717, 1.165) is 12.1 Å². The quantitative estimate of drug-likeness (QED) is 0.411. The molecule has 0 aromatic heterocycles. The molecule has 2 aromatic rings. The topological polar surface area (TPSA) is 86.3 Å². The minimum Gasteiger partial charge on any atom is -0.258 e. The molecule has 0 aliphatic rings. The number of halogens is 2. The molecule has 0 N–H and O–H groups in total. The van der Waals surface area contributed by atoms with E-state index in [4.69, 9.17) is 0 Å². The summed E-state index contributed by atoms with van der Waals surface area (Å²) >= 11 is -1.06. The summed E-state index contributed by atoms with van der Waals surface area (Å²) < 4.78 is 14.5. The van der Waals surface area contributed by atoms with Crippen molar-refractivity contribution in [3.8, 4) is 0 Å². The van der Waals surface area contributed by atoms with Gasteiger partial charge in [-0.05, 0) is 12.1 Å². The van der Waals surface area contributed by atoms with E-state index in [1.54, 1.807) is 6.07 Å². The van der Waals surface area contributed by atoms with Gasteiger partial charge >= 0.3 is 21.2 Å². The zero-order valence-electron chi connectivity index (χ0n) is 9.82. The van der Waals surface area contributed by atoms with Crippen LogP contribution in [-0.2, 0) is 0 Å². The lowest BCUT2D eigenvalue weighted by Crippen LogP contribution is -3.61. The van der Waals surface area contributed by atoms with Crippen LogP contribution in [0.5, 0.6) is 0 Å². The molecule has 0 saturated heterocycles. The first-order chi connectivity index (χ1) is 9.47. The molecular weight excluding hydrogens is 382 g/mol. The van der Waals surface area contributed by atoms with E-state index < -0.39 is 36.9 Å². The largest absolute Gasteiger partial charge is 0.361 e. The molecule has 0 atom stereocenters. The van der Waals surface area contributed by atoms with Gasteiger partial charge in [0.15, 0.2) is 5.82 Å². The number of benzene rings is 2. The molecular formula is C12H7FIN2O4+. The lowest BCUT2D eigenvalue weighted by molar-refractivity contribution is -0.601. The fourth-order valence-corrected chi connectivity index (χ4v) is 3.88. The Morgan fingerprint density at radius 3 is 2.25 bits per heavy atom. The first-order valence-corrected chi connectivity index (χ1v) is 7.46. The Labute approximate surface area is 122 Å². The Balaban J connectivity index is 2.34. The summed E-state index contributed by atoms with van der Waals surface area (Å²) in [5.74, 6) is -0.532. The van der Waals surface area contributed by atoms with Crippen LogP contribution in [0.1, 0.15) is 0 Å². The number of nitro benzene ring substituents is 2. The van der Waals surface area contributed by atoms with Gasteiger partial charge in [-0.25, -0.2) is 4.39 Å². The highest BCUT2D eigenvalue weighted by atomic mass is 127. The molecule has 2 rings (SSSR count). The van der Waals surface area contributed by atoms with E-state index in [9.17, 15) is 24.6 Å². The highest BCUT2D eigenvalue weighted by Crippen LogP contribution is 2.11. The SMILES string of the molecule is O=[N+]([O-])c1cccc([I+]c2cc([N+](=O)[O-])ccc2F)c1. The van der Waals surface area contributed by atoms with Crippen molar-refractivity contribution in [2.75, 3.05) is 0 Å². The van der Waals surface area contributed by atoms with Gasteiger partial charge in [0.2, 0.25) is 7.14 Å². The van der Waals surface area contributed by atoms with Crippen molar-refractivity contribution in [3.63, 3.8) is 0 Å². The molecule has 8 heteroatoms. The van der Waals surface area contributed by atoms with Gasteiger partial charge in [0, 0.05) is 12.1 Å². The molecule has 102 valence electrons. The van der Waals surface area contributed by atoms with Crippen LogP contribution in [0.2, 0.25) is 0 Å². The van der Waals surface area contributed by atoms with Crippen molar-refractivity contribution in [3.05, 3.63) is 75.7 Å². The van der Waals surface area contributed by atoms with E-state index in [0.29, 0.717) is 3.57 Å². The molecule has 6 nitrogen and oxygen atoms in total. The lowest BCUT2D eigenvalue weighted by atomic mass is 10.3. The van der Waals surface area contributed by atoms with E-state index >= 15 is 0 Å². The van der Waals surface area contributed by atoms with Crippen molar-refractivity contribution >= 4 is 11.4 Å². The lowest BCUT2D eigenvalue weighted by Gasteiger charge is -1.93. The summed E-state index contributed by atoms with van der Waals surface area (Å²) in [5.41, 5.74) is -0.264. The Bertz CT molecular complexity index is 693. The number of nitrogens with zero attached hydrogens (tertiary/aromatic N) is 2. The summed E-state index contributed by atoms with van der Waals surface area (Å²) in [7, 11) is 0. The summed E-state index contributed by atoms with van der Waals surface area (Å²) in [6.07, 6.45) is 0. The minimum atomic E-state index is -1.06. The first-order valence-electron chi connectivity index (χ1n) is 5.30. The molecule has 0 fully saturated rings. The predicted molar refractivity (Wildman–Crippen MR) is 63.5 cm³/mol. The van der Waals surface area contributed by atoms with Crippen molar-refractivity contribution in [2.45, 2.75) is 0 Å². The fourth-order valence-electron chi connectivity index (χ4n) is 1.44. The fraction of sp³-hybridized carbons (Fsp3) is 0. The molecule has 0 aliphatic carbocycles. The second kappa shape index (κ2) is 5.90. The van der Waals surface area contributed by atoms with Gasteiger partial charge in [0.1, 0.15) is 0 Å². The maximum atomic E-state index is 13.6. The van der Waals surface area contributed by atoms with Crippen LogP contribution in [-0.4, -0.2) is 9.85 Å². The van der Waals surface area contributed by atoms with E-state index in [1.807, 2.05) is 0 Å². The molecule has 0 spiro atoms. The van der Waals surface area contributed by atoms with E-state index in [2.05, 4.69) is 0 Å². The van der Waals surface area contributed by atoms with Crippen LogP contribution in [0.25, 0.3) is 0 Å². The van der Waals surface area contributed by atoms with Gasteiger partial charge in [-0.2, -0.15) is 0 Å². The molecule has 0 amide bonds. The normalized spacial score (nSPS) is 10.2. The van der Waals surface area contributed by atoms with Crippen LogP contribution < -0.4 is 21.2 Å². The van der Waals surface area contributed by atoms with Crippen LogP contribution in [0.4, 0.5) is 15.8 Å². The third-order valence-corrected chi connectivity index (χ3v) is 5.05. The smallest absolute Gasteiger partial charge is 0.258 e. The van der Waals surface area contributed by atoms with Crippen molar-refractivity contribution in [1.82, 2.24) is 0 Å². The summed E-state index contributed by atoms with van der Waals surface area (Å²) in [6, 6.07) is 9.20. The van der Waals surface area contributed by atoms with E-state index in [1.165, 1.54) is 24.3 Å². The Kier molecular flexibility index (Phi) is 4.23. The van der Waals surface area contributed by atoms with Gasteiger partial charge in [-0.15, -0.1) is 0 Å².